The number of alkyl carbamates (subject to hydrolysis) is 1. The molecule has 0 aliphatic carbocycles. The molecule has 0 spiro atoms. The fourth-order valence-corrected chi connectivity index (χ4v) is 1.99. The lowest BCUT2D eigenvalue weighted by molar-refractivity contribution is -0.114. The Kier molecular flexibility index (Phi) is 6.58. The molecule has 2 N–H and O–H groups in total. The van der Waals surface area contributed by atoms with Gasteiger partial charge in [-0.2, -0.15) is 0 Å². The summed E-state index contributed by atoms with van der Waals surface area (Å²) in [6, 6.07) is 16.9. The minimum Gasteiger partial charge on any atom is -0.445 e. The highest BCUT2D eigenvalue weighted by molar-refractivity contribution is 5.88. The van der Waals surface area contributed by atoms with Gasteiger partial charge in [-0.3, -0.25) is 4.79 Å². The molecule has 24 heavy (non-hydrogen) atoms. The Balaban J connectivity index is 1.70. The van der Waals surface area contributed by atoms with E-state index < -0.39 is 6.09 Å². The van der Waals surface area contributed by atoms with Gasteiger partial charge in [0.25, 0.3) is 0 Å². The molecule has 0 radical (unpaired) electrons. The molecule has 0 heterocycles. The van der Waals surface area contributed by atoms with E-state index in [1.807, 2.05) is 66.7 Å². The molecular formula is C19H20N2O3. The van der Waals surface area contributed by atoms with E-state index in [1.54, 1.807) is 0 Å². The van der Waals surface area contributed by atoms with Crippen LogP contribution in [0.15, 0.2) is 60.7 Å². The Morgan fingerprint density at radius 1 is 1.04 bits per heavy atom. The monoisotopic (exact) mass is 324 g/mol. The molecule has 0 aliphatic heterocycles. The van der Waals surface area contributed by atoms with Crippen LogP contribution < -0.4 is 10.6 Å². The van der Waals surface area contributed by atoms with Crippen molar-refractivity contribution < 1.29 is 14.3 Å². The molecule has 5 nitrogen and oxygen atoms in total. The van der Waals surface area contributed by atoms with Gasteiger partial charge in [-0.15, -0.1) is 0 Å². The zero-order valence-corrected chi connectivity index (χ0v) is 13.5. The predicted octanol–water partition coefficient (Wildman–Crippen LogP) is 3.58. The third-order valence-electron chi connectivity index (χ3n) is 3.12. The van der Waals surface area contributed by atoms with Crippen molar-refractivity contribution in [2.75, 3.05) is 11.9 Å². The Morgan fingerprint density at radius 3 is 2.42 bits per heavy atom. The summed E-state index contributed by atoms with van der Waals surface area (Å²) < 4.78 is 5.11. The molecule has 2 rings (SSSR count). The molecule has 2 amide bonds. The van der Waals surface area contributed by atoms with Crippen LogP contribution in [0.1, 0.15) is 18.1 Å². The Morgan fingerprint density at radius 2 is 1.75 bits per heavy atom. The lowest BCUT2D eigenvalue weighted by atomic mass is 10.2. The minimum atomic E-state index is -0.454. The van der Waals surface area contributed by atoms with Crippen molar-refractivity contribution in [1.29, 1.82) is 0 Å². The molecular weight excluding hydrogens is 304 g/mol. The minimum absolute atomic E-state index is 0.100. The number of rotatable bonds is 6. The summed E-state index contributed by atoms with van der Waals surface area (Å²) in [5, 5.41) is 5.36. The number of nitrogens with one attached hydrogen (secondary N) is 2. The average molecular weight is 324 g/mol. The second kappa shape index (κ2) is 9.15. The van der Waals surface area contributed by atoms with Crippen LogP contribution in [0.4, 0.5) is 10.5 Å². The first-order valence-corrected chi connectivity index (χ1v) is 7.62. The fraction of sp³-hybridized carbons (Fsp3) is 0.158. The van der Waals surface area contributed by atoms with E-state index >= 15 is 0 Å². The number of hydrogen-bond donors (Lipinski definition) is 2. The molecule has 2 aromatic carbocycles. The highest BCUT2D eigenvalue weighted by atomic mass is 16.5. The van der Waals surface area contributed by atoms with Gasteiger partial charge in [0.1, 0.15) is 6.61 Å². The molecule has 0 fully saturated rings. The molecule has 0 saturated heterocycles. The Labute approximate surface area is 141 Å². The first-order chi connectivity index (χ1) is 11.6. The maximum Gasteiger partial charge on any atom is 0.407 e. The van der Waals surface area contributed by atoms with E-state index in [1.165, 1.54) is 6.92 Å². The van der Waals surface area contributed by atoms with E-state index in [4.69, 9.17) is 4.74 Å². The Hall–Kier alpha value is -3.08. The van der Waals surface area contributed by atoms with Crippen LogP contribution >= 0.6 is 0 Å². The summed E-state index contributed by atoms with van der Waals surface area (Å²) in [6.07, 6.45) is 3.26. The van der Waals surface area contributed by atoms with E-state index in [-0.39, 0.29) is 12.5 Å². The first kappa shape index (κ1) is 17.3. The molecule has 0 aliphatic rings. The smallest absolute Gasteiger partial charge is 0.407 e. The van der Waals surface area contributed by atoms with E-state index in [0.717, 1.165) is 16.8 Å². The quantitative estimate of drug-likeness (QED) is 0.853. The molecule has 0 atom stereocenters. The van der Waals surface area contributed by atoms with Gasteiger partial charge < -0.3 is 15.4 Å². The Bertz CT molecular complexity index is 694. The van der Waals surface area contributed by atoms with Crippen molar-refractivity contribution in [3.63, 3.8) is 0 Å². The van der Waals surface area contributed by atoms with Crippen LogP contribution in [-0.4, -0.2) is 18.5 Å². The molecule has 124 valence electrons. The van der Waals surface area contributed by atoms with Gasteiger partial charge in [0.2, 0.25) is 5.91 Å². The van der Waals surface area contributed by atoms with Gasteiger partial charge in [0.15, 0.2) is 0 Å². The van der Waals surface area contributed by atoms with Gasteiger partial charge in [-0.25, -0.2) is 4.79 Å². The topological polar surface area (TPSA) is 67.4 Å². The van der Waals surface area contributed by atoms with Gasteiger partial charge in [0.05, 0.1) is 0 Å². The summed E-state index contributed by atoms with van der Waals surface area (Å²) in [7, 11) is 0. The van der Waals surface area contributed by atoms with Crippen LogP contribution in [0.5, 0.6) is 0 Å². The number of amides is 2. The lowest BCUT2D eigenvalue weighted by Crippen LogP contribution is -2.24. The molecule has 2 aromatic rings. The van der Waals surface area contributed by atoms with E-state index in [9.17, 15) is 9.59 Å². The third-order valence-corrected chi connectivity index (χ3v) is 3.12. The lowest BCUT2D eigenvalue weighted by Gasteiger charge is -2.05. The van der Waals surface area contributed by atoms with Crippen LogP contribution in [0.2, 0.25) is 0 Å². The van der Waals surface area contributed by atoms with Crippen molar-refractivity contribution >= 4 is 23.8 Å². The molecule has 0 saturated carbocycles. The van der Waals surface area contributed by atoms with Crippen molar-refractivity contribution in [1.82, 2.24) is 5.32 Å². The maximum absolute atomic E-state index is 11.6. The van der Waals surface area contributed by atoms with Crippen molar-refractivity contribution in [2.45, 2.75) is 13.5 Å². The molecule has 0 aromatic heterocycles. The first-order valence-electron chi connectivity index (χ1n) is 7.62. The van der Waals surface area contributed by atoms with Gasteiger partial charge in [-0.1, -0.05) is 54.6 Å². The van der Waals surface area contributed by atoms with Gasteiger partial charge in [-0.05, 0) is 23.3 Å². The normalized spacial score (nSPS) is 10.4. The summed E-state index contributed by atoms with van der Waals surface area (Å²) in [5.74, 6) is -0.100. The average Bonchev–Trinajstić information content (AvgIpc) is 2.59. The summed E-state index contributed by atoms with van der Waals surface area (Å²) >= 11 is 0. The zero-order valence-electron chi connectivity index (χ0n) is 13.5. The summed E-state index contributed by atoms with van der Waals surface area (Å²) in [5.41, 5.74) is 2.67. The molecule has 0 unspecified atom stereocenters. The molecule has 5 heteroatoms. The number of carbonyl (C=O) groups excluding carboxylic acids is 2. The largest absolute Gasteiger partial charge is 0.445 e. The second-order valence-corrected chi connectivity index (χ2v) is 5.15. The highest BCUT2D eigenvalue weighted by Gasteiger charge is 2.00. The number of carbonyl (C=O) groups is 2. The van der Waals surface area contributed by atoms with Crippen molar-refractivity contribution in [3.05, 3.63) is 71.8 Å². The number of benzene rings is 2. The van der Waals surface area contributed by atoms with Crippen molar-refractivity contribution in [3.8, 4) is 0 Å². The van der Waals surface area contributed by atoms with E-state index in [0.29, 0.717) is 6.54 Å². The second-order valence-electron chi connectivity index (χ2n) is 5.15. The predicted molar refractivity (Wildman–Crippen MR) is 94.4 cm³/mol. The number of ether oxygens (including phenoxy) is 1. The maximum atomic E-state index is 11.6. The summed E-state index contributed by atoms with van der Waals surface area (Å²) in [6.45, 7) is 2.10. The van der Waals surface area contributed by atoms with Crippen molar-refractivity contribution in [2.24, 2.45) is 0 Å². The fourth-order valence-electron chi connectivity index (χ4n) is 1.99. The van der Waals surface area contributed by atoms with Crippen LogP contribution in [0.3, 0.4) is 0 Å². The third kappa shape index (κ3) is 6.36. The van der Waals surface area contributed by atoms with Crippen LogP contribution in [-0.2, 0) is 16.1 Å². The van der Waals surface area contributed by atoms with Gasteiger partial charge in [0, 0.05) is 19.2 Å². The van der Waals surface area contributed by atoms with Gasteiger partial charge >= 0.3 is 6.09 Å². The van der Waals surface area contributed by atoms with Crippen LogP contribution in [0, 0.1) is 0 Å². The SMILES string of the molecule is CC(=O)Nc1ccc(C=CCNC(=O)OCc2ccccc2)cc1. The number of hydrogen-bond acceptors (Lipinski definition) is 3. The summed E-state index contributed by atoms with van der Waals surface area (Å²) in [4.78, 5) is 22.5. The zero-order chi connectivity index (χ0) is 17.2. The number of anilines is 1. The van der Waals surface area contributed by atoms with E-state index in [2.05, 4.69) is 10.6 Å². The highest BCUT2D eigenvalue weighted by Crippen LogP contribution is 2.10. The van der Waals surface area contributed by atoms with Crippen LogP contribution in [0.25, 0.3) is 6.08 Å². The standard InChI is InChI=1S/C19H20N2O3/c1-15(22)21-18-11-9-16(10-12-18)8-5-13-20-19(23)24-14-17-6-3-2-4-7-17/h2-12H,13-14H2,1H3,(H,20,23)(H,21,22). The molecule has 0 bridgehead atoms.